The van der Waals surface area contributed by atoms with Crippen LogP contribution in [0.25, 0.3) is 0 Å². The van der Waals surface area contributed by atoms with E-state index in [1.165, 1.54) is 0 Å². The molecule has 1 heterocycles. The lowest BCUT2D eigenvalue weighted by molar-refractivity contribution is 0.0608. The second-order valence-electron chi connectivity index (χ2n) is 6.93. The van der Waals surface area contributed by atoms with Crippen LogP contribution >= 0.6 is 0 Å². The largest absolute Gasteiger partial charge is 0.508 e. The highest BCUT2D eigenvalue weighted by molar-refractivity contribution is 5.95. The maximum absolute atomic E-state index is 12.5. The third kappa shape index (κ3) is 3.14. The van der Waals surface area contributed by atoms with Gasteiger partial charge in [0.05, 0.1) is 0 Å². The molecule has 0 aliphatic carbocycles. The Morgan fingerprint density at radius 1 is 1.25 bits per heavy atom. The molecule has 1 amide bonds. The summed E-state index contributed by atoms with van der Waals surface area (Å²) in [6.45, 7) is 10.4. The zero-order chi connectivity index (χ0) is 14.9. The molecule has 3 nitrogen and oxygen atoms in total. The van der Waals surface area contributed by atoms with Crippen molar-refractivity contribution < 1.29 is 9.90 Å². The summed E-state index contributed by atoms with van der Waals surface area (Å²) in [4.78, 5) is 14.5. The standard InChI is InChI=1S/C17H25NO2/c1-12-11-14(19)5-6-15(12)16(20)18-9-7-13(8-10-18)17(2,3)4/h5-6,11,13,19H,7-10H2,1-4H3. The van der Waals surface area contributed by atoms with Crippen LogP contribution in [0.3, 0.4) is 0 Å². The number of amides is 1. The van der Waals surface area contributed by atoms with Crippen LogP contribution in [-0.2, 0) is 0 Å². The molecular formula is C17H25NO2. The Morgan fingerprint density at radius 3 is 2.35 bits per heavy atom. The monoisotopic (exact) mass is 275 g/mol. The lowest BCUT2D eigenvalue weighted by Crippen LogP contribution is -2.41. The van der Waals surface area contributed by atoms with E-state index >= 15 is 0 Å². The molecule has 20 heavy (non-hydrogen) atoms. The number of aromatic hydroxyl groups is 1. The van der Waals surface area contributed by atoms with Crippen LogP contribution in [0.15, 0.2) is 18.2 Å². The molecule has 0 radical (unpaired) electrons. The lowest BCUT2D eigenvalue weighted by atomic mass is 9.75. The number of carbonyl (C=O) groups excluding carboxylic acids is 1. The summed E-state index contributed by atoms with van der Waals surface area (Å²) < 4.78 is 0. The maximum atomic E-state index is 12.5. The van der Waals surface area contributed by atoms with Crippen LogP contribution in [0.1, 0.15) is 49.5 Å². The molecule has 1 aromatic rings. The molecular weight excluding hydrogens is 250 g/mol. The molecule has 0 spiro atoms. The molecule has 1 aliphatic rings. The van der Waals surface area contributed by atoms with Crippen molar-refractivity contribution in [1.29, 1.82) is 0 Å². The zero-order valence-electron chi connectivity index (χ0n) is 12.9. The van der Waals surface area contributed by atoms with E-state index < -0.39 is 0 Å². The zero-order valence-corrected chi connectivity index (χ0v) is 12.9. The molecule has 0 aromatic heterocycles. The Morgan fingerprint density at radius 2 is 1.85 bits per heavy atom. The van der Waals surface area contributed by atoms with Gasteiger partial charge in [0.25, 0.3) is 5.91 Å². The van der Waals surface area contributed by atoms with Crippen molar-refractivity contribution in [2.75, 3.05) is 13.1 Å². The van der Waals surface area contributed by atoms with Crippen LogP contribution in [-0.4, -0.2) is 29.0 Å². The van der Waals surface area contributed by atoms with Gasteiger partial charge in [0.15, 0.2) is 0 Å². The van der Waals surface area contributed by atoms with Crippen molar-refractivity contribution in [1.82, 2.24) is 4.90 Å². The summed E-state index contributed by atoms with van der Waals surface area (Å²) in [6.07, 6.45) is 2.15. The fourth-order valence-corrected chi connectivity index (χ4v) is 3.01. The number of phenolic OH excluding ortho intramolecular Hbond substituents is 1. The van der Waals surface area contributed by atoms with Gasteiger partial charge in [-0.3, -0.25) is 4.79 Å². The molecule has 110 valence electrons. The molecule has 1 aliphatic heterocycles. The molecule has 3 heteroatoms. The second-order valence-corrected chi connectivity index (χ2v) is 6.93. The normalized spacial score (nSPS) is 17.3. The van der Waals surface area contributed by atoms with Crippen molar-refractivity contribution >= 4 is 5.91 Å². The van der Waals surface area contributed by atoms with E-state index in [0.717, 1.165) is 31.5 Å². The number of benzene rings is 1. The molecule has 2 rings (SSSR count). The number of nitrogens with zero attached hydrogens (tertiary/aromatic N) is 1. The Labute approximate surface area is 121 Å². The molecule has 1 saturated heterocycles. The molecule has 0 bridgehead atoms. The Bertz CT molecular complexity index is 494. The van der Waals surface area contributed by atoms with Gasteiger partial charge in [-0.2, -0.15) is 0 Å². The van der Waals surface area contributed by atoms with E-state index in [1.807, 2.05) is 11.8 Å². The Balaban J connectivity index is 2.05. The number of likely N-dealkylation sites (tertiary alicyclic amines) is 1. The van der Waals surface area contributed by atoms with Crippen LogP contribution in [0.5, 0.6) is 5.75 Å². The highest BCUT2D eigenvalue weighted by atomic mass is 16.3. The van der Waals surface area contributed by atoms with Gasteiger partial charge < -0.3 is 10.0 Å². The van der Waals surface area contributed by atoms with Crippen molar-refractivity contribution in [3.63, 3.8) is 0 Å². The van der Waals surface area contributed by atoms with Gasteiger partial charge in [0, 0.05) is 18.7 Å². The van der Waals surface area contributed by atoms with E-state index in [-0.39, 0.29) is 11.7 Å². The summed E-state index contributed by atoms with van der Waals surface area (Å²) >= 11 is 0. The molecule has 0 saturated carbocycles. The highest BCUT2D eigenvalue weighted by Gasteiger charge is 2.30. The van der Waals surface area contributed by atoms with Crippen molar-refractivity contribution in [2.24, 2.45) is 11.3 Å². The summed E-state index contributed by atoms with van der Waals surface area (Å²) in [5, 5.41) is 9.43. The van der Waals surface area contributed by atoms with Gasteiger partial charge in [-0.1, -0.05) is 20.8 Å². The van der Waals surface area contributed by atoms with E-state index in [2.05, 4.69) is 20.8 Å². The Hall–Kier alpha value is -1.51. The summed E-state index contributed by atoms with van der Waals surface area (Å²) in [5.74, 6) is 0.993. The Kier molecular flexibility index (Phi) is 4.07. The predicted octanol–water partition coefficient (Wildman–Crippen LogP) is 3.60. The number of piperidine rings is 1. The average Bonchev–Trinajstić information content (AvgIpc) is 2.37. The summed E-state index contributed by atoms with van der Waals surface area (Å²) in [5.41, 5.74) is 1.87. The van der Waals surface area contributed by atoms with Crippen LogP contribution in [0, 0.1) is 18.3 Å². The third-order valence-corrected chi connectivity index (χ3v) is 4.45. The van der Waals surface area contributed by atoms with Gasteiger partial charge in [0.2, 0.25) is 0 Å². The molecule has 1 aromatic carbocycles. The molecule has 0 unspecified atom stereocenters. The first-order valence-electron chi connectivity index (χ1n) is 7.38. The topological polar surface area (TPSA) is 40.5 Å². The van der Waals surface area contributed by atoms with Gasteiger partial charge in [-0.05, 0) is 54.9 Å². The number of phenols is 1. The van der Waals surface area contributed by atoms with Crippen LogP contribution in [0.2, 0.25) is 0 Å². The van der Waals surface area contributed by atoms with E-state index in [9.17, 15) is 9.90 Å². The number of carbonyl (C=O) groups is 1. The molecule has 1 N–H and O–H groups in total. The fourth-order valence-electron chi connectivity index (χ4n) is 3.01. The first-order chi connectivity index (χ1) is 9.29. The van der Waals surface area contributed by atoms with Gasteiger partial charge in [-0.15, -0.1) is 0 Å². The number of rotatable bonds is 1. The average molecular weight is 275 g/mol. The summed E-state index contributed by atoms with van der Waals surface area (Å²) in [6, 6.07) is 4.96. The van der Waals surface area contributed by atoms with E-state index in [1.54, 1.807) is 18.2 Å². The fraction of sp³-hybridized carbons (Fsp3) is 0.588. The summed E-state index contributed by atoms with van der Waals surface area (Å²) in [7, 11) is 0. The van der Waals surface area contributed by atoms with Gasteiger partial charge in [-0.25, -0.2) is 0 Å². The second kappa shape index (κ2) is 5.47. The smallest absolute Gasteiger partial charge is 0.254 e. The van der Waals surface area contributed by atoms with Crippen LogP contribution < -0.4 is 0 Å². The van der Waals surface area contributed by atoms with Crippen molar-refractivity contribution in [3.05, 3.63) is 29.3 Å². The molecule has 0 atom stereocenters. The molecule has 1 fully saturated rings. The highest BCUT2D eigenvalue weighted by Crippen LogP contribution is 2.34. The minimum Gasteiger partial charge on any atom is -0.508 e. The first kappa shape index (κ1) is 14.9. The minimum absolute atomic E-state index is 0.0925. The maximum Gasteiger partial charge on any atom is 0.254 e. The van der Waals surface area contributed by atoms with E-state index in [4.69, 9.17) is 0 Å². The first-order valence-corrected chi connectivity index (χ1v) is 7.38. The van der Waals surface area contributed by atoms with Gasteiger partial charge >= 0.3 is 0 Å². The van der Waals surface area contributed by atoms with E-state index in [0.29, 0.717) is 16.9 Å². The lowest BCUT2D eigenvalue weighted by Gasteiger charge is -2.39. The SMILES string of the molecule is Cc1cc(O)ccc1C(=O)N1CCC(C(C)(C)C)CC1. The number of aryl methyl sites for hydroxylation is 1. The van der Waals surface area contributed by atoms with Crippen LogP contribution in [0.4, 0.5) is 0 Å². The minimum atomic E-state index is 0.0925. The van der Waals surface area contributed by atoms with Crippen molar-refractivity contribution in [3.8, 4) is 5.75 Å². The predicted molar refractivity (Wildman–Crippen MR) is 80.9 cm³/mol. The third-order valence-electron chi connectivity index (χ3n) is 4.45. The quantitative estimate of drug-likeness (QED) is 0.850. The number of hydrogen-bond donors (Lipinski definition) is 1. The van der Waals surface area contributed by atoms with Crippen molar-refractivity contribution in [2.45, 2.75) is 40.5 Å². The van der Waals surface area contributed by atoms with Gasteiger partial charge in [0.1, 0.15) is 5.75 Å². The number of hydrogen-bond acceptors (Lipinski definition) is 2.